The maximum absolute atomic E-state index is 8.69. The summed E-state index contributed by atoms with van der Waals surface area (Å²) in [5, 5.41) is 13.1. The summed E-state index contributed by atoms with van der Waals surface area (Å²) >= 11 is 1.38. The lowest BCUT2D eigenvalue weighted by Crippen LogP contribution is -2.18. The molecule has 1 unspecified atom stereocenters. The van der Waals surface area contributed by atoms with Crippen molar-refractivity contribution in [2.45, 2.75) is 13.0 Å². The first-order valence-corrected chi connectivity index (χ1v) is 4.12. The van der Waals surface area contributed by atoms with Crippen LogP contribution in [0.25, 0.3) is 0 Å². The standard InChI is InChI=1S/C6H11N3OS/c1-4(3-10)9-6-8-2-5(7)11-6/h2,4,10H,3,7H2,1H3,(H,8,9). The third kappa shape index (κ3) is 2.36. The quantitative estimate of drug-likeness (QED) is 0.623. The van der Waals surface area contributed by atoms with Crippen LogP contribution in [-0.2, 0) is 0 Å². The van der Waals surface area contributed by atoms with Crippen LogP contribution in [0, 0.1) is 0 Å². The molecule has 1 atom stereocenters. The molecule has 0 aliphatic heterocycles. The van der Waals surface area contributed by atoms with Gasteiger partial charge in [0.25, 0.3) is 0 Å². The molecule has 4 N–H and O–H groups in total. The minimum atomic E-state index is 0.0283. The summed E-state index contributed by atoms with van der Waals surface area (Å²) < 4.78 is 0. The number of aromatic nitrogens is 1. The fourth-order valence-electron chi connectivity index (χ4n) is 0.610. The van der Waals surface area contributed by atoms with Gasteiger partial charge < -0.3 is 16.2 Å². The van der Waals surface area contributed by atoms with Crippen molar-refractivity contribution in [3.8, 4) is 0 Å². The van der Waals surface area contributed by atoms with Crippen LogP contribution in [0.1, 0.15) is 6.92 Å². The number of aliphatic hydroxyl groups excluding tert-OH is 1. The third-order valence-electron chi connectivity index (χ3n) is 1.17. The Morgan fingerprint density at radius 1 is 1.91 bits per heavy atom. The molecule has 0 radical (unpaired) electrons. The van der Waals surface area contributed by atoms with E-state index in [1.54, 1.807) is 6.20 Å². The van der Waals surface area contributed by atoms with Crippen molar-refractivity contribution in [2.75, 3.05) is 17.7 Å². The van der Waals surface area contributed by atoms with Gasteiger partial charge in [-0.15, -0.1) is 0 Å². The molecule has 62 valence electrons. The van der Waals surface area contributed by atoms with Crippen LogP contribution in [0.15, 0.2) is 6.20 Å². The highest BCUT2D eigenvalue weighted by Gasteiger charge is 2.02. The smallest absolute Gasteiger partial charge is 0.184 e. The van der Waals surface area contributed by atoms with Gasteiger partial charge in [-0.25, -0.2) is 4.98 Å². The molecular formula is C6H11N3OS. The van der Waals surface area contributed by atoms with E-state index in [-0.39, 0.29) is 12.6 Å². The van der Waals surface area contributed by atoms with Crippen molar-refractivity contribution in [3.63, 3.8) is 0 Å². The number of anilines is 2. The fraction of sp³-hybridized carbons (Fsp3) is 0.500. The van der Waals surface area contributed by atoms with Crippen LogP contribution < -0.4 is 11.1 Å². The Hall–Kier alpha value is -0.810. The Morgan fingerprint density at radius 3 is 3.09 bits per heavy atom. The van der Waals surface area contributed by atoms with Gasteiger partial charge in [-0.3, -0.25) is 0 Å². The Bertz CT molecular complexity index is 225. The summed E-state index contributed by atoms with van der Waals surface area (Å²) in [5.41, 5.74) is 5.45. The van der Waals surface area contributed by atoms with E-state index in [1.165, 1.54) is 11.3 Å². The first-order chi connectivity index (χ1) is 5.22. The molecular weight excluding hydrogens is 162 g/mol. The molecule has 1 heterocycles. The van der Waals surface area contributed by atoms with E-state index in [4.69, 9.17) is 10.8 Å². The summed E-state index contributed by atoms with van der Waals surface area (Å²) in [6.45, 7) is 1.97. The van der Waals surface area contributed by atoms with Gasteiger partial charge in [0.05, 0.1) is 12.8 Å². The van der Waals surface area contributed by atoms with Gasteiger partial charge in [0.1, 0.15) is 5.00 Å². The SMILES string of the molecule is CC(CO)Nc1ncc(N)s1. The van der Waals surface area contributed by atoms with Gasteiger partial charge in [0.2, 0.25) is 0 Å². The second kappa shape index (κ2) is 3.54. The van der Waals surface area contributed by atoms with E-state index in [0.717, 1.165) is 5.13 Å². The van der Waals surface area contributed by atoms with Gasteiger partial charge in [-0.2, -0.15) is 0 Å². The zero-order valence-electron chi connectivity index (χ0n) is 6.24. The van der Waals surface area contributed by atoms with Crippen LogP contribution >= 0.6 is 11.3 Å². The summed E-state index contributed by atoms with van der Waals surface area (Å²) in [4.78, 5) is 3.98. The molecule has 0 fully saturated rings. The Balaban J connectivity index is 2.50. The lowest BCUT2D eigenvalue weighted by atomic mass is 10.4. The van der Waals surface area contributed by atoms with E-state index in [2.05, 4.69) is 10.3 Å². The average molecular weight is 173 g/mol. The van der Waals surface area contributed by atoms with Gasteiger partial charge >= 0.3 is 0 Å². The number of rotatable bonds is 3. The molecule has 11 heavy (non-hydrogen) atoms. The summed E-state index contributed by atoms with van der Waals surface area (Å²) in [5.74, 6) is 0. The summed E-state index contributed by atoms with van der Waals surface area (Å²) in [6, 6.07) is 0.0283. The second-order valence-corrected chi connectivity index (χ2v) is 3.36. The van der Waals surface area contributed by atoms with Gasteiger partial charge in [0.15, 0.2) is 5.13 Å². The van der Waals surface area contributed by atoms with Crippen molar-refractivity contribution in [3.05, 3.63) is 6.20 Å². The van der Waals surface area contributed by atoms with E-state index in [9.17, 15) is 0 Å². The van der Waals surface area contributed by atoms with E-state index >= 15 is 0 Å². The number of nitrogens with one attached hydrogen (secondary N) is 1. The molecule has 1 aromatic heterocycles. The molecule has 0 amide bonds. The average Bonchev–Trinajstić information content (AvgIpc) is 2.35. The van der Waals surface area contributed by atoms with Gasteiger partial charge in [-0.1, -0.05) is 11.3 Å². The number of aliphatic hydroxyl groups is 1. The van der Waals surface area contributed by atoms with Crippen LogP contribution in [-0.4, -0.2) is 22.7 Å². The van der Waals surface area contributed by atoms with Crippen LogP contribution in [0.2, 0.25) is 0 Å². The van der Waals surface area contributed by atoms with E-state index in [1.807, 2.05) is 6.92 Å². The zero-order chi connectivity index (χ0) is 8.27. The molecule has 0 aromatic carbocycles. The molecule has 0 spiro atoms. The van der Waals surface area contributed by atoms with Crippen molar-refractivity contribution in [1.82, 2.24) is 4.98 Å². The lowest BCUT2D eigenvalue weighted by Gasteiger charge is -2.07. The van der Waals surface area contributed by atoms with Crippen molar-refractivity contribution < 1.29 is 5.11 Å². The fourth-order valence-corrected chi connectivity index (χ4v) is 1.30. The zero-order valence-corrected chi connectivity index (χ0v) is 7.06. The Kier molecular flexibility index (Phi) is 2.67. The molecule has 1 rings (SSSR count). The number of nitrogens with two attached hydrogens (primary N) is 1. The Labute approximate surface area is 69.1 Å². The number of hydrogen-bond donors (Lipinski definition) is 3. The molecule has 0 bridgehead atoms. The monoisotopic (exact) mass is 173 g/mol. The first-order valence-electron chi connectivity index (χ1n) is 3.31. The molecule has 5 heteroatoms. The molecule has 4 nitrogen and oxygen atoms in total. The number of nitrogen functional groups attached to an aromatic ring is 1. The maximum Gasteiger partial charge on any atom is 0.184 e. The number of hydrogen-bond acceptors (Lipinski definition) is 5. The normalized spacial score (nSPS) is 12.9. The van der Waals surface area contributed by atoms with E-state index < -0.39 is 0 Å². The third-order valence-corrected chi connectivity index (χ3v) is 1.93. The summed E-state index contributed by atoms with van der Waals surface area (Å²) in [7, 11) is 0. The predicted molar refractivity (Wildman–Crippen MR) is 46.7 cm³/mol. The largest absolute Gasteiger partial charge is 0.394 e. The minimum Gasteiger partial charge on any atom is -0.394 e. The Morgan fingerprint density at radius 2 is 2.64 bits per heavy atom. The molecule has 0 aliphatic carbocycles. The maximum atomic E-state index is 8.69. The van der Waals surface area contributed by atoms with Crippen molar-refractivity contribution in [2.24, 2.45) is 0 Å². The van der Waals surface area contributed by atoms with E-state index in [0.29, 0.717) is 5.00 Å². The highest BCUT2D eigenvalue weighted by Crippen LogP contribution is 2.19. The number of nitrogens with zero attached hydrogens (tertiary/aromatic N) is 1. The molecule has 0 saturated carbocycles. The molecule has 0 aliphatic rings. The van der Waals surface area contributed by atoms with Gasteiger partial charge in [-0.05, 0) is 6.92 Å². The minimum absolute atomic E-state index is 0.0283. The second-order valence-electron chi connectivity index (χ2n) is 2.30. The first kappa shape index (κ1) is 8.29. The predicted octanol–water partition coefficient (Wildman–Crippen LogP) is 0.518. The van der Waals surface area contributed by atoms with Crippen LogP contribution in [0.3, 0.4) is 0 Å². The number of thiazole rings is 1. The highest BCUT2D eigenvalue weighted by molar-refractivity contribution is 7.19. The molecule has 0 saturated heterocycles. The highest BCUT2D eigenvalue weighted by atomic mass is 32.1. The van der Waals surface area contributed by atoms with Crippen molar-refractivity contribution >= 4 is 21.5 Å². The van der Waals surface area contributed by atoms with Gasteiger partial charge in [0, 0.05) is 6.04 Å². The van der Waals surface area contributed by atoms with Crippen LogP contribution in [0.4, 0.5) is 10.1 Å². The molecule has 1 aromatic rings. The van der Waals surface area contributed by atoms with Crippen molar-refractivity contribution in [1.29, 1.82) is 0 Å². The summed E-state index contributed by atoms with van der Waals surface area (Å²) in [6.07, 6.45) is 1.59. The van der Waals surface area contributed by atoms with Crippen LogP contribution in [0.5, 0.6) is 0 Å². The lowest BCUT2D eigenvalue weighted by molar-refractivity contribution is 0.281. The topological polar surface area (TPSA) is 71.2 Å².